The summed E-state index contributed by atoms with van der Waals surface area (Å²) >= 11 is 0. The van der Waals surface area contributed by atoms with Crippen molar-refractivity contribution in [1.29, 1.82) is 0 Å². The maximum atomic E-state index is 15.3. The second-order valence-corrected chi connectivity index (χ2v) is 24.9. The number of aromatic nitrogens is 2. The number of carbonyl (C=O) groups excluding carboxylic acids is 4. The molecule has 8 aromatic rings. The quantitative estimate of drug-likeness (QED) is 0.0203. The molecule has 2 aromatic heterocycles. The molecule has 1 unspecified atom stereocenters. The number of nitrogens with one attached hydrogen (secondary N) is 4. The molecule has 5 N–H and O–H groups in total. The first kappa shape index (κ1) is 69.6. The zero-order valence-corrected chi connectivity index (χ0v) is 54.9. The number of methoxy groups -OCH3 is 2. The molecule has 2 saturated carbocycles. The van der Waals surface area contributed by atoms with Gasteiger partial charge in [-0.2, -0.15) is 0 Å². The van der Waals surface area contributed by atoms with E-state index in [1.807, 2.05) is 0 Å². The molecule has 25 heteroatoms. The zero-order valence-electron chi connectivity index (χ0n) is 54.9. The van der Waals surface area contributed by atoms with E-state index >= 15 is 8.78 Å². The molecule has 0 radical (unpaired) electrons. The summed E-state index contributed by atoms with van der Waals surface area (Å²) in [5.74, 6) is -1.98. The predicted octanol–water partition coefficient (Wildman–Crippen LogP) is 13.5. The number of piperazine rings is 1. The lowest BCUT2D eigenvalue weighted by atomic mass is 9.84. The molecule has 21 nitrogen and oxygen atoms in total. The molecule has 5 amide bonds. The number of carbonyl (C=O) groups is 5. The van der Waals surface area contributed by atoms with Gasteiger partial charge in [-0.1, -0.05) is 34.6 Å². The zero-order chi connectivity index (χ0) is 69.2. The fourth-order valence-electron chi connectivity index (χ4n) is 11.3. The Balaban J connectivity index is 0.000000214. The van der Waals surface area contributed by atoms with Crippen molar-refractivity contribution in [3.05, 3.63) is 157 Å². The van der Waals surface area contributed by atoms with E-state index in [0.29, 0.717) is 133 Å². The molecule has 510 valence electrons. The highest BCUT2D eigenvalue weighted by molar-refractivity contribution is 6.18. The predicted molar refractivity (Wildman–Crippen MR) is 358 cm³/mol. The molecule has 11 rings (SSSR count). The fraction of sp³-hybridized carbons (Fsp3) is 0.347. The molecule has 1 saturated heterocycles. The third kappa shape index (κ3) is 16.7. The van der Waals surface area contributed by atoms with Crippen LogP contribution in [0.4, 0.5) is 45.1 Å². The first-order valence-electron chi connectivity index (χ1n) is 31.9. The number of ether oxygens (including phenoxy) is 6. The van der Waals surface area contributed by atoms with Crippen LogP contribution in [0.1, 0.15) is 66.7 Å². The van der Waals surface area contributed by atoms with Crippen molar-refractivity contribution < 1.29 is 75.1 Å². The Bertz CT molecular complexity index is 4190. The van der Waals surface area contributed by atoms with Gasteiger partial charge in [0.2, 0.25) is 23.6 Å². The summed E-state index contributed by atoms with van der Waals surface area (Å²) in [6, 6.07) is 28.6. The lowest BCUT2D eigenvalue weighted by Crippen LogP contribution is -2.59. The van der Waals surface area contributed by atoms with Crippen LogP contribution in [0.5, 0.6) is 46.0 Å². The van der Waals surface area contributed by atoms with Crippen molar-refractivity contribution in [2.75, 3.05) is 94.5 Å². The number of benzene rings is 6. The van der Waals surface area contributed by atoms with Crippen LogP contribution in [0.3, 0.4) is 0 Å². The Morgan fingerprint density at radius 3 is 1.40 bits per heavy atom. The minimum atomic E-state index is -1.30. The standard InChI is InChI=1S/C39H43F2N5O7.C33H34F2N4O5/c1-38(2,3)34-23-45(17-18-46(34)37(49)50)16-5-19-52-33-22-29-27(21-32(33)51-4)30(12-15-42-29)53-31-11-10-26(20-28(31)41)44-36(48)39(13-14-39)35(47)43-25-8-6-24(40)7-9-25;1-4-39(5-2)16-17-43-30-19-24-26(20-29(30)42-3)36-15-12-27(24)44-28-11-10-23(18-25(28)35)38-32(41)33(13-14-33)31(40)37-22-8-6-21(34)7-9-22/h6-12,15,20-22,34H,5,13-14,16-19,23H2,1-4H3,(H,43,47)(H,44,48)(H,49,50);6-12,15,18-20H,4-5,13-14,16-17H2,1-3H3,(H,37,40)(H,38,41). The fourth-order valence-corrected chi connectivity index (χ4v) is 11.3. The highest BCUT2D eigenvalue weighted by Crippen LogP contribution is 2.49. The summed E-state index contributed by atoms with van der Waals surface area (Å²) in [4.78, 5) is 78.5. The molecule has 0 spiro atoms. The van der Waals surface area contributed by atoms with Crippen LogP contribution < -0.4 is 49.7 Å². The minimum absolute atomic E-state index is 0.0643. The van der Waals surface area contributed by atoms with Crippen LogP contribution in [0.15, 0.2) is 134 Å². The number of likely N-dealkylation sites (N-methyl/N-ethyl adjacent to an activating group) is 1. The molecular weight excluding hydrogens is 1260 g/mol. The van der Waals surface area contributed by atoms with Gasteiger partial charge in [0.25, 0.3) is 0 Å². The summed E-state index contributed by atoms with van der Waals surface area (Å²) in [6.45, 7) is 16.3. The van der Waals surface area contributed by atoms with Crippen LogP contribution in [-0.4, -0.2) is 139 Å². The van der Waals surface area contributed by atoms with E-state index in [1.54, 1.807) is 49.7 Å². The van der Waals surface area contributed by atoms with Crippen molar-refractivity contribution >= 4 is 74.3 Å². The number of fused-ring (bicyclic) bond motifs is 2. The normalized spacial score (nSPS) is 15.3. The average molecular weight is 1340 g/mol. The third-order valence-electron chi connectivity index (χ3n) is 17.4. The van der Waals surface area contributed by atoms with Gasteiger partial charge in [-0.15, -0.1) is 0 Å². The van der Waals surface area contributed by atoms with E-state index in [9.17, 15) is 37.9 Å². The Morgan fingerprint density at radius 1 is 0.546 bits per heavy atom. The molecule has 0 bridgehead atoms. The van der Waals surface area contributed by atoms with Crippen LogP contribution in [0.2, 0.25) is 0 Å². The number of rotatable bonds is 25. The number of amides is 5. The van der Waals surface area contributed by atoms with Gasteiger partial charge in [0, 0.05) is 103 Å². The summed E-state index contributed by atoms with van der Waals surface area (Å²) in [5, 5.41) is 21.4. The Morgan fingerprint density at radius 2 is 0.969 bits per heavy atom. The molecule has 3 fully saturated rings. The topological polar surface area (TPSA) is 245 Å². The smallest absolute Gasteiger partial charge is 0.407 e. The third-order valence-corrected chi connectivity index (χ3v) is 17.4. The Labute approximate surface area is 558 Å². The number of anilines is 4. The lowest BCUT2D eigenvalue weighted by Gasteiger charge is -2.46. The van der Waals surface area contributed by atoms with E-state index in [1.165, 1.54) is 91.0 Å². The summed E-state index contributed by atoms with van der Waals surface area (Å²) in [5.41, 5.74) is -0.581. The van der Waals surface area contributed by atoms with Crippen LogP contribution in [0, 0.1) is 39.5 Å². The molecule has 1 atom stereocenters. The molecule has 3 aliphatic rings. The van der Waals surface area contributed by atoms with Gasteiger partial charge in [-0.05, 0) is 148 Å². The second kappa shape index (κ2) is 30.2. The van der Waals surface area contributed by atoms with Crippen molar-refractivity contribution in [3.63, 3.8) is 0 Å². The number of nitrogens with zero attached hydrogens (tertiary/aromatic N) is 5. The minimum Gasteiger partial charge on any atom is -0.493 e. The van der Waals surface area contributed by atoms with Crippen molar-refractivity contribution in [2.45, 2.75) is 72.8 Å². The van der Waals surface area contributed by atoms with Gasteiger partial charge in [-0.25, -0.2) is 22.4 Å². The number of halogens is 4. The van der Waals surface area contributed by atoms with Gasteiger partial charge < -0.3 is 64.6 Å². The van der Waals surface area contributed by atoms with Gasteiger partial charge in [0.1, 0.15) is 40.6 Å². The van der Waals surface area contributed by atoms with Crippen LogP contribution in [-0.2, 0) is 19.2 Å². The van der Waals surface area contributed by atoms with Crippen molar-refractivity contribution in [1.82, 2.24) is 24.7 Å². The van der Waals surface area contributed by atoms with E-state index < -0.39 is 63.8 Å². The second-order valence-electron chi connectivity index (χ2n) is 24.9. The Kier molecular flexibility index (Phi) is 21.7. The average Bonchev–Trinajstić information content (AvgIpc) is 1.64. The van der Waals surface area contributed by atoms with Crippen LogP contribution in [0.25, 0.3) is 21.8 Å². The molecular formula is C72H77F4N9O12. The maximum absolute atomic E-state index is 15.3. The maximum Gasteiger partial charge on any atom is 0.407 e. The molecule has 2 aliphatic carbocycles. The monoisotopic (exact) mass is 1340 g/mol. The number of carboxylic acid groups (broad SMARTS) is 1. The first-order valence-corrected chi connectivity index (χ1v) is 31.9. The first-order chi connectivity index (χ1) is 46.5. The van der Waals surface area contributed by atoms with Gasteiger partial charge in [0.05, 0.1) is 37.9 Å². The largest absolute Gasteiger partial charge is 0.493 e. The lowest BCUT2D eigenvalue weighted by molar-refractivity contribution is -0.132. The SMILES string of the molecule is CCN(CC)CCOc1cc2c(Oc3ccc(NC(=O)C4(C(=O)Nc5ccc(F)cc5)CC4)cc3F)ccnc2cc1OC.COc1cc2c(Oc3ccc(NC(=O)C4(C(=O)Nc5ccc(F)cc5)CC4)cc3F)ccnc2cc1OCCCN1CCN(C(=O)O)C(C(C)(C)C)C1. The molecule has 3 heterocycles. The number of hydrogen-bond acceptors (Lipinski definition) is 15. The van der Waals surface area contributed by atoms with Crippen LogP contribution >= 0.6 is 0 Å². The van der Waals surface area contributed by atoms with Crippen molar-refractivity contribution in [3.8, 4) is 46.0 Å². The van der Waals surface area contributed by atoms with E-state index in [0.717, 1.165) is 38.3 Å². The highest BCUT2D eigenvalue weighted by Gasteiger charge is 2.57. The summed E-state index contributed by atoms with van der Waals surface area (Å²) < 4.78 is 92.2. The van der Waals surface area contributed by atoms with E-state index in [2.05, 4.69) is 75.7 Å². The van der Waals surface area contributed by atoms with Crippen molar-refractivity contribution in [2.24, 2.45) is 16.2 Å². The van der Waals surface area contributed by atoms with Gasteiger partial charge >= 0.3 is 6.09 Å². The summed E-state index contributed by atoms with van der Waals surface area (Å²) in [6.07, 6.45) is 4.25. The Hall–Kier alpha value is -10.3. The van der Waals surface area contributed by atoms with Gasteiger partial charge in [-0.3, -0.25) is 34.0 Å². The highest BCUT2D eigenvalue weighted by atomic mass is 19.1. The summed E-state index contributed by atoms with van der Waals surface area (Å²) in [7, 11) is 3.07. The molecule has 6 aromatic carbocycles. The number of hydrogen-bond donors (Lipinski definition) is 5. The van der Waals surface area contributed by atoms with E-state index in [-0.39, 0.29) is 34.3 Å². The number of pyridine rings is 2. The van der Waals surface area contributed by atoms with Gasteiger partial charge in [0.15, 0.2) is 46.1 Å². The molecule has 1 aliphatic heterocycles. The molecule has 97 heavy (non-hydrogen) atoms. The van der Waals surface area contributed by atoms with E-state index in [4.69, 9.17) is 28.4 Å².